The molecule has 0 aliphatic heterocycles. The van der Waals surface area contributed by atoms with Crippen molar-refractivity contribution in [2.75, 3.05) is 36.1 Å². The minimum atomic E-state index is 0.102. The summed E-state index contributed by atoms with van der Waals surface area (Å²) in [6.07, 6.45) is 1.81. The minimum Gasteiger partial charge on any atom is -0.355 e. The van der Waals surface area contributed by atoms with Gasteiger partial charge in [-0.1, -0.05) is 13.8 Å². The van der Waals surface area contributed by atoms with E-state index in [1.54, 1.807) is 23.5 Å². The lowest BCUT2D eigenvalue weighted by Crippen LogP contribution is -2.29. The predicted octanol–water partition coefficient (Wildman–Crippen LogP) is 1.51. The molecule has 0 unspecified atom stereocenters. The highest BCUT2D eigenvalue weighted by Crippen LogP contribution is 1.97. The van der Waals surface area contributed by atoms with Crippen molar-refractivity contribution in [2.45, 2.75) is 26.7 Å². The summed E-state index contributed by atoms with van der Waals surface area (Å²) in [5.74, 6) is 3.23. The normalized spacial score (nSPS) is 10.1. The maximum absolute atomic E-state index is 11.3. The second-order valence-electron chi connectivity index (χ2n) is 3.68. The lowest BCUT2D eigenvalue weighted by molar-refractivity contribution is -0.119. The Morgan fingerprint density at radius 2 is 1.22 bits per heavy atom. The van der Waals surface area contributed by atoms with Crippen LogP contribution in [0.25, 0.3) is 0 Å². The monoisotopic (exact) mass is 292 g/mol. The van der Waals surface area contributed by atoms with Gasteiger partial charge in [0.15, 0.2) is 0 Å². The maximum Gasteiger partial charge on any atom is 0.229 e. The summed E-state index contributed by atoms with van der Waals surface area (Å²) in [6.45, 7) is 5.47. The van der Waals surface area contributed by atoms with E-state index in [-0.39, 0.29) is 11.8 Å². The highest BCUT2D eigenvalue weighted by molar-refractivity contribution is 8.00. The zero-order valence-electron chi connectivity index (χ0n) is 11.3. The molecule has 2 N–H and O–H groups in total. The molecule has 0 heterocycles. The molecule has 6 heteroatoms. The second-order valence-corrected chi connectivity index (χ2v) is 6.23. The van der Waals surface area contributed by atoms with Crippen LogP contribution in [0.5, 0.6) is 0 Å². The Bertz CT molecular complexity index is 214. The number of nitrogens with one attached hydrogen (secondary N) is 2. The second kappa shape index (κ2) is 13.1. The van der Waals surface area contributed by atoms with Gasteiger partial charge in [-0.05, 0) is 24.3 Å². The molecule has 0 spiro atoms. The number of thioether (sulfide) groups is 2. The molecule has 0 aliphatic rings. The van der Waals surface area contributed by atoms with E-state index in [2.05, 4.69) is 10.6 Å². The molecule has 0 fully saturated rings. The number of hydrogen-bond acceptors (Lipinski definition) is 4. The third-order valence-corrected chi connectivity index (χ3v) is 3.87. The fourth-order valence-corrected chi connectivity index (χ4v) is 2.18. The van der Waals surface area contributed by atoms with E-state index in [0.717, 1.165) is 24.3 Å². The molecule has 0 aromatic carbocycles. The fourth-order valence-electron chi connectivity index (χ4n) is 1.20. The van der Waals surface area contributed by atoms with Crippen LogP contribution in [-0.4, -0.2) is 47.9 Å². The predicted molar refractivity (Wildman–Crippen MR) is 81.3 cm³/mol. The first-order valence-electron chi connectivity index (χ1n) is 6.39. The van der Waals surface area contributed by atoms with Crippen LogP contribution < -0.4 is 10.6 Å². The molecule has 18 heavy (non-hydrogen) atoms. The maximum atomic E-state index is 11.3. The van der Waals surface area contributed by atoms with Gasteiger partial charge in [0, 0.05) is 13.1 Å². The molecule has 0 aromatic rings. The van der Waals surface area contributed by atoms with Gasteiger partial charge in [-0.15, -0.1) is 0 Å². The van der Waals surface area contributed by atoms with E-state index < -0.39 is 0 Å². The summed E-state index contributed by atoms with van der Waals surface area (Å²) in [4.78, 5) is 22.5. The van der Waals surface area contributed by atoms with Crippen molar-refractivity contribution in [3.8, 4) is 0 Å². The highest BCUT2D eigenvalue weighted by Gasteiger charge is 2.01. The van der Waals surface area contributed by atoms with Crippen LogP contribution in [0.15, 0.2) is 0 Å². The van der Waals surface area contributed by atoms with Crippen molar-refractivity contribution in [3.63, 3.8) is 0 Å². The molecule has 0 aromatic heterocycles. The van der Waals surface area contributed by atoms with E-state index in [1.165, 1.54) is 0 Å². The Kier molecular flexibility index (Phi) is 12.8. The van der Waals surface area contributed by atoms with Gasteiger partial charge < -0.3 is 10.6 Å². The smallest absolute Gasteiger partial charge is 0.229 e. The van der Waals surface area contributed by atoms with Gasteiger partial charge >= 0.3 is 0 Å². The summed E-state index contributed by atoms with van der Waals surface area (Å²) >= 11 is 3.25. The fraction of sp³-hybridized carbons (Fsp3) is 0.833. The topological polar surface area (TPSA) is 58.2 Å². The van der Waals surface area contributed by atoms with Crippen LogP contribution in [0, 0.1) is 0 Å². The van der Waals surface area contributed by atoms with Gasteiger partial charge in [0.05, 0.1) is 11.5 Å². The number of unbranched alkanes of at least 4 members (excludes halogenated alkanes) is 1. The molecule has 0 aliphatic carbocycles. The van der Waals surface area contributed by atoms with E-state index >= 15 is 0 Å². The third-order valence-electron chi connectivity index (χ3n) is 2.12. The van der Waals surface area contributed by atoms with Gasteiger partial charge in [0.1, 0.15) is 0 Å². The Labute approximate surface area is 118 Å². The van der Waals surface area contributed by atoms with Crippen LogP contribution in [0.1, 0.15) is 26.7 Å². The van der Waals surface area contributed by atoms with E-state index in [9.17, 15) is 9.59 Å². The lowest BCUT2D eigenvalue weighted by atomic mass is 10.3. The molecule has 0 radical (unpaired) electrons. The van der Waals surface area contributed by atoms with Crippen molar-refractivity contribution >= 4 is 35.3 Å². The summed E-state index contributed by atoms with van der Waals surface area (Å²) in [5.41, 5.74) is 0. The van der Waals surface area contributed by atoms with Crippen LogP contribution in [-0.2, 0) is 9.59 Å². The molecular formula is C12H24N2O2S2. The summed E-state index contributed by atoms with van der Waals surface area (Å²) in [6, 6.07) is 0. The molecule has 0 saturated carbocycles. The van der Waals surface area contributed by atoms with E-state index in [1.807, 2.05) is 13.8 Å². The zero-order valence-corrected chi connectivity index (χ0v) is 12.9. The van der Waals surface area contributed by atoms with Gasteiger partial charge in [0.2, 0.25) is 11.8 Å². The lowest BCUT2D eigenvalue weighted by Gasteiger charge is -2.06. The minimum absolute atomic E-state index is 0.102. The van der Waals surface area contributed by atoms with Crippen LogP contribution in [0.2, 0.25) is 0 Å². The first-order chi connectivity index (χ1) is 8.70. The van der Waals surface area contributed by atoms with E-state index in [0.29, 0.717) is 24.6 Å². The molecular weight excluding hydrogens is 268 g/mol. The number of carbonyl (C=O) groups excluding carboxylic acids is 2. The third kappa shape index (κ3) is 12.1. The van der Waals surface area contributed by atoms with Gasteiger partial charge in [-0.2, -0.15) is 23.5 Å². The largest absolute Gasteiger partial charge is 0.355 e. The first-order valence-corrected chi connectivity index (χ1v) is 8.70. The van der Waals surface area contributed by atoms with Crippen molar-refractivity contribution in [1.29, 1.82) is 0 Å². The average Bonchev–Trinajstić information content (AvgIpc) is 2.37. The van der Waals surface area contributed by atoms with Gasteiger partial charge in [0.25, 0.3) is 0 Å². The molecule has 2 amide bonds. The van der Waals surface area contributed by atoms with Crippen molar-refractivity contribution in [2.24, 2.45) is 0 Å². The molecule has 106 valence electrons. The number of amides is 2. The Hall–Kier alpha value is -0.360. The van der Waals surface area contributed by atoms with Gasteiger partial charge in [-0.25, -0.2) is 0 Å². The Morgan fingerprint density at radius 3 is 1.56 bits per heavy atom. The molecule has 0 bridgehead atoms. The molecule has 0 atom stereocenters. The average molecular weight is 292 g/mol. The summed E-state index contributed by atoms with van der Waals surface area (Å²) in [7, 11) is 0. The number of rotatable bonds is 11. The SMILES string of the molecule is CCSCC(=O)NCCCCNC(=O)CSCC. The Balaban J connectivity index is 3.25. The van der Waals surface area contributed by atoms with Crippen LogP contribution >= 0.6 is 23.5 Å². The number of carbonyl (C=O) groups is 2. The standard InChI is InChI=1S/C12H24N2O2S2/c1-3-17-9-11(15)13-7-5-6-8-14-12(16)10-18-4-2/h3-10H2,1-2H3,(H,13,15)(H,14,16). The van der Waals surface area contributed by atoms with Crippen molar-refractivity contribution < 1.29 is 9.59 Å². The first kappa shape index (κ1) is 17.6. The van der Waals surface area contributed by atoms with Crippen LogP contribution in [0.4, 0.5) is 0 Å². The van der Waals surface area contributed by atoms with Gasteiger partial charge in [-0.3, -0.25) is 9.59 Å². The highest BCUT2D eigenvalue weighted by atomic mass is 32.2. The summed E-state index contributed by atoms with van der Waals surface area (Å²) in [5, 5.41) is 5.73. The summed E-state index contributed by atoms with van der Waals surface area (Å²) < 4.78 is 0. The molecule has 0 saturated heterocycles. The van der Waals surface area contributed by atoms with Crippen molar-refractivity contribution in [3.05, 3.63) is 0 Å². The molecule has 0 rings (SSSR count). The van der Waals surface area contributed by atoms with Crippen LogP contribution in [0.3, 0.4) is 0 Å². The Morgan fingerprint density at radius 1 is 0.833 bits per heavy atom. The molecule has 4 nitrogen and oxygen atoms in total. The van der Waals surface area contributed by atoms with Crippen molar-refractivity contribution in [1.82, 2.24) is 10.6 Å². The zero-order chi connectivity index (χ0) is 13.6. The quantitative estimate of drug-likeness (QED) is 0.567. The number of hydrogen-bond donors (Lipinski definition) is 2. The van der Waals surface area contributed by atoms with E-state index in [4.69, 9.17) is 0 Å².